The number of hydrogen-bond acceptors (Lipinski definition) is 3. The number of halogens is 2. The van der Waals surface area contributed by atoms with Gasteiger partial charge in [0, 0.05) is 31.2 Å². The predicted octanol–water partition coefficient (Wildman–Crippen LogP) is 1.55. The first-order valence-corrected chi connectivity index (χ1v) is 5.01. The molecule has 1 aromatic rings. The molecule has 84 valence electrons. The summed E-state index contributed by atoms with van der Waals surface area (Å²) >= 11 is 5.81. The highest BCUT2D eigenvalue weighted by atomic mass is 35.5. The molecule has 0 amide bonds. The highest BCUT2D eigenvalue weighted by molar-refractivity contribution is 6.30. The Labute approximate surface area is 94.0 Å². The lowest BCUT2D eigenvalue weighted by Crippen LogP contribution is -2.38. The Kier molecular flexibility index (Phi) is 4.47. The summed E-state index contributed by atoms with van der Waals surface area (Å²) in [5, 5.41) is 2.24. The van der Waals surface area contributed by atoms with Crippen molar-refractivity contribution < 1.29 is 4.39 Å². The lowest BCUT2D eigenvalue weighted by atomic mass is 10.1. The third kappa shape index (κ3) is 3.43. The summed E-state index contributed by atoms with van der Waals surface area (Å²) in [5.74, 6) is -0.302. The Morgan fingerprint density at radius 1 is 1.53 bits per heavy atom. The summed E-state index contributed by atoms with van der Waals surface area (Å²) < 4.78 is 13.5. The van der Waals surface area contributed by atoms with Gasteiger partial charge >= 0.3 is 0 Å². The number of benzene rings is 1. The van der Waals surface area contributed by atoms with E-state index in [4.69, 9.17) is 17.3 Å². The number of hydrogen-bond donors (Lipinski definition) is 2. The summed E-state index contributed by atoms with van der Waals surface area (Å²) in [4.78, 5) is 0. The molecule has 1 aromatic carbocycles. The fraction of sp³-hybridized carbons (Fsp3) is 0.400. The SMILES string of the molecule is CN(C)NC(CN)c1cc(Cl)ccc1F. The molecule has 1 unspecified atom stereocenters. The maximum Gasteiger partial charge on any atom is 0.128 e. The number of nitrogens with one attached hydrogen (secondary N) is 1. The molecule has 0 saturated carbocycles. The maximum atomic E-state index is 13.5. The third-order valence-electron chi connectivity index (χ3n) is 1.98. The minimum Gasteiger partial charge on any atom is -0.329 e. The molecule has 0 aliphatic carbocycles. The molecule has 0 bridgehead atoms. The van der Waals surface area contributed by atoms with Crippen LogP contribution in [0.4, 0.5) is 4.39 Å². The number of nitrogens with two attached hydrogens (primary N) is 1. The zero-order valence-corrected chi connectivity index (χ0v) is 9.55. The molecule has 0 aliphatic heterocycles. The van der Waals surface area contributed by atoms with Gasteiger partial charge in [0.05, 0.1) is 6.04 Å². The molecule has 1 rings (SSSR count). The van der Waals surface area contributed by atoms with Crippen molar-refractivity contribution in [3.63, 3.8) is 0 Å². The van der Waals surface area contributed by atoms with Crippen LogP contribution in [0.15, 0.2) is 18.2 Å². The van der Waals surface area contributed by atoms with Crippen LogP contribution >= 0.6 is 11.6 Å². The molecule has 15 heavy (non-hydrogen) atoms. The largest absolute Gasteiger partial charge is 0.329 e. The first kappa shape index (κ1) is 12.4. The van der Waals surface area contributed by atoms with Gasteiger partial charge in [-0.15, -0.1) is 0 Å². The molecule has 3 nitrogen and oxygen atoms in total. The van der Waals surface area contributed by atoms with E-state index in [-0.39, 0.29) is 11.9 Å². The van der Waals surface area contributed by atoms with Crippen molar-refractivity contribution in [3.05, 3.63) is 34.6 Å². The second-order valence-corrected chi connectivity index (χ2v) is 3.91. The normalized spacial score (nSPS) is 13.2. The van der Waals surface area contributed by atoms with Crippen LogP contribution in [0.1, 0.15) is 11.6 Å². The summed E-state index contributed by atoms with van der Waals surface area (Å²) in [6.07, 6.45) is 0. The third-order valence-corrected chi connectivity index (χ3v) is 2.22. The van der Waals surface area contributed by atoms with Crippen molar-refractivity contribution in [2.24, 2.45) is 5.73 Å². The van der Waals surface area contributed by atoms with E-state index in [1.165, 1.54) is 12.1 Å². The second kappa shape index (κ2) is 5.42. The molecule has 5 heteroatoms. The summed E-state index contributed by atoms with van der Waals surface area (Å²) in [6, 6.07) is 4.19. The van der Waals surface area contributed by atoms with Gasteiger partial charge in [-0.3, -0.25) is 0 Å². The minimum absolute atomic E-state index is 0.265. The molecular formula is C10H15ClFN3. The van der Waals surface area contributed by atoms with Gasteiger partial charge in [0.15, 0.2) is 0 Å². The smallest absolute Gasteiger partial charge is 0.128 e. The van der Waals surface area contributed by atoms with Crippen molar-refractivity contribution >= 4 is 11.6 Å². The van der Waals surface area contributed by atoms with E-state index in [1.54, 1.807) is 11.1 Å². The number of rotatable bonds is 4. The molecule has 0 heterocycles. The molecule has 0 aliphatic rings. The van der Waals surface area contributed by atoms with Crippen molar-refractivity contribution in [2.45, 2.75) is 6.04 Å². The molecule has 0 fully saturated rings. The Morgan fingerprint density at radius 2 is 2.20 bits per heavy atom. The lowest BCUT2D eigenvalue weighted by molar-refractivity contribution is 0.243. The highest BCUT2D eigenvalue weighted by Gasteiger charge is 2.14. The second-order valence-electron chi connectivity index (χ2n) is 3.48. The van der Waals surface area contributed by atoms with E-state index >= 15 is 0 Å². The van der Waals surface area contributed by atoms with Gasteiger partial charge in [-0.05, 0) is 18.2 Å². The average molecular weight is 232 g/mol. The predicted molar refractivity (Wildman–Crippen MR) is 60.0 cm³/mol. The van der Waals surface area contributed by atoms with E-state index in [0.29, 0.717) is 17.1 Å². The molecular weight excluding hydrogens is 217 g/mol. The first-order valence-electron chi connectivity index (χ1n) is 4.63. The van der Waals surface area contributed by atoms with Gasteiger partial charge in [0.25, 0.3) is 0 Å². The minimum atomic E-state index is -0.302. The molecule has 0 radical (unpaired) electrons. The van der Waals surface area contributed by atoms with Crippen molar-refractivity contribution in [2.75, 3.05) is 20.6 Å². The van der Waals surface area contributed by atoms with Crippen LogP contribution < -0.4 is 11.2 Å². The van der Waals surface area contributed by atoms with Gasteiger partial charge in [-0.2, -0.15) is 0 Å². The van der Waals surface area contributed by atoms with E-state index in [1.807, 2.05) is 14.1 Å². The van der Waals surface area contributed by atoms with Crippen LogP contribution in [-0.4, -0.2) is 25.6 Å². The van der Waals surface area contributed by atoms with Crippen molar-refractivity contribution in [3.8, 4) is 0 Å². The summed E-state index contributed by atoms with van der Waals surface area (Å²) in [6.45, 7) is 0.301. The molecule has 0 aromatic heterocycles. The fourth-order valence-corrected chi connectivity index (χ4v) is 1.52. The summed E-state index contributed by atoms with van der Waals surface area (Å²) in [5.41, 5.74) is 9.08. The zero-order valence-electron chi connectivity index (χ0n) is 8.80. The quantitative estimate of drug-likeness (QED) is 0.773. The Bertz CT molecular complexity index is 330. The van der Waals surface area contributed by atoms with Crippen LogP contribution in [0.3, 0.4) is 0 Å². The van der Waals surface area contributed by atoms with Gasteiger partial charge in [-0.25, -0.2) is 14.8 Å². The van der Waals surface area contributed by atoms with Crippen molar-refractivity contribution in [1.29, 1.82) is 0 Å². The number of nitrogens with zero attached hydrogens (tertiary/aromatic N) is 1. The van der Waals surface area contributed by atoms with Gasteiger partial charge in [0.1, 0.15) is 5.82 Å². The van der Waals surface area contributed by atoms with E-state index in [2.05, 4.69) is 5.43 Å². The average Bonchev–Trinajstić information content (AvgIpc) is 2.18. The first-order chi connectivity index (χ1) is 7.04. The standard InChI is InChI=1S/C10H15ClFN3/c1-15(2)14-10(6-13)8-5-7(11)3-4-9(8)12/h3-5,10,14H,6,13H2,1-2H3. The highest BCUT2D eigenvalue weighted by Crippen LogP contribution is 2.20. The van der Waals surface area contributed by atoms with Crippen LogP contribution in [-0.2, 0) is 0 Å². The molecule has 0 saturated heterocycles. The van der Waals surface area contributed by atoms with Crippen LogP contribution in [0.25, 0.3) is 0 Å². The monoisotopic (exact) mass is 231 g/mol. The van der Waals surface area contributed by atoms with Gasteiger partial charge in [-0.1, -0.05) is 11.6 Å². The lowest BCUT2D eigenvalue weighted by Gasteiger charge is -2.22. The summed E-state index contributed by atoms with van der Waals surface area (Å²) in [7, 11) is 3.65. The molecule has 1 atom stereocenters. The van der Waals surface area contributed by atoms with Crippen LogP contribution in [0, 0.1) is 5.82 Å². The van der Waals surface area contributed by atoms with E-state index in [9.17, 15) is 4.39 Å². The molecule has 0 spiro atoms. The maximum absolute atomic E-state index is 13.5. The Hall–Kier alpha value is -0.680. The van der Waals surface area contributed by atoms with Crippen LogP contribution in [0.2, 0.25) is 5.02 Å². The molecule has 3 N–H and O–H groups in total. The van der Waals surface area contributed by atoms with Crippen molar-refractivity contribution in [1.82, 2.24) is 10.4 Å². The number of hydrazine groups is 1. The van der Waals surface area contributed by atoms with E-state index < -0.39 is 0 Å². The van der Waals surface area contributed by atoms with Gasteiger partial charge < -0.3 is 5.73 Å². The Morgan fingerprint density at radius 3 is 2.73 bits per heavy atom. The fourth-order valence-electron chi connectivity index (χ4n) is 1.34. The zero-order chi connectivity index (χ0) is 11.4. The van der Waals surface area contributed by atoms with Crippen LogP contribution in [0.5, 0.6) is 0 Å². The Balaban J connectivity index is 2.95. The topological polar surface area (TPSA) is 41.3 Å². The van der Waals surface area contributed by atoms with Gasteiger partial charge in [0.2, 0.25) is 0 Å². The van der Waals surface area contributed by atoms with E-state index in [0.717, 1.165) is 0 Å².